The van der Waals surface area contributed by atoms with Crippen LogP contribution < -0.4 is 9.75 Å². The Balaban J connectivity index is 2.08. The van der Waals surface area contributed by atoms with Crippen molar-refractivity contribution in [1.29, 1.82) is 0 Å². The molecular formula is C13H14N2O4. The van der Waals surface area contributed by atoms with E-state index < -0.39 is 12.6 Å². The summed E-state index contributed by atoms with van der Waals surface area (Å²) in [4.78, 5) is 22.2. The lowest BCUT2D eigenvalue weighted by molar-refractivity contribution is -0.139. The summed E-state index contributed by atoms with van der Waals surface area (Å²) in [6, 6.07) is 6.56. The van der Waals surface area contributed by atoms with Crippen LogP contribution in [0.2, 0.25) is 0 Å². The summed E-state index contributed by atoms with van der Waals surface area (Å²) in [5.41, 5.74) is 0.635. The molecule has 6 nitrogen and oxygen atoms in total. The Morgan fingerprint density at radius 1 is 1.47 bits per heavy atom. The summed E-state index contributed by atoms with van der Waals surface area (Å²) in [7, 11) is 0. The molecule has 6 heteroatoms. The number of hydrogen-bond donors (Lipinski definition) is 1. The van der Waals surface area contributed by atoms with Gasteiger partial charge in [-0.05, 0) is 24.3 Å². The molecule has 1 aliphatic rings. The first-order valence-electron chi connectivity index (χ1n) is 5.88. The first-order chi connectivity index (χ1) is 9.06. The molecule has 0 saturated carbocycles. The molecule has 2 rings (SSSR count). The van der Waals surface area contributed by atoms with Gasteiger partial charge >= 0.3 is 5.97 Å². The standard InChI is InChI=1S/C13H14N2O4/c1-9-6-12(16)15(14-7-9)10-2-4-11(5-3-10)19-8-13(17)18/h2-5,7,9H,6,8H2,1H3,(H,17,18). The summed E-state index contributed by atoms with van der Waals surface area (Å²) in [6.07, 6.45) is 2.16. The van der Waals surface area contributed by atoms with Gasteiger partial charge in [0.2, 0.25) is 5.91 Å². The molecule has 1 aromatic rings. The molecule has 0 aromatic heterocycles. The van der Waals surface area contributed by atoms with Crippen molar-refractivity contribution in [1.82, 2.24) is 0 Å². The number of anilines is 1. The van der Waals surface area contributed by atoms with Gasteiger partial charge in [-0.15, -0.1) is 0 Å². The van der Waals surface area contributed by atoms with Gasteiger partial charge in [0.25, 0.3) is 0 Å². The molecule has 0 saturated heterocycles. The van der Waals surface area contributed by atoms with Gasteiger partial charge in [0.05, 0.1) is 5.69 Å². The zero-order valence-electron chi connectivity index (χ0n) is 10.4. The second-order valence-corrected chi connectivity index (χ2v) is 4.33. The Morgan fingerprint density at radius 3 is 2.74 bits per heavy atom. The molecule has 0 radical (unpaired) electrons. The Kier molecular flexibility index (Phi) is 3.79. The zero-order chi connectivity index (χ0) is 13.8. The number of benzene rings is 1. The second kappa shape index (κ2) is 5.51. The highest BCUT2D eigenvalue weighted by Gasteiger charge is 2.21. The van der Waals surface area contributed by atoms with Crippen molar-refractivity contribution >= 4 is 23.8 Å². The van der Waals surface area contributed by atoms with Crippen LogP contribution in [0, 0.1) is 5.92 Å². The average Bonchev–Trinajstić information content (AvgIpc) is 2.37. The predicted octanol–water partition coefficient (Wildman–Crippen LogP) is 1.51. The van der Waals surface area contributed by atoms with E-state index in [-0.39, 0.29) is 11.8 Å². The third kappa shape index (κ3) is 3.31. The van der Waals surface area contributed by atoms with Crippen LogP contribution in [-0.2, 0) is 9.59 Å². The van der Waals surface area contributed by atoms with Crippen molar-refractivity contribution in [2.45, 2.75) is 13.3 Å². The third-order valence-corrected chi connectivity index (χ3v) is 2.61. The fraction of sp³-hybridized carbons (Fsp3) is 0.308. The molecule has 1 aliphatic heterocycles. The highest BCUT2D eigenvalue weighted by molar-refractivity contribution is 5.97. The molecule has 1 heterocycles. The van der Waals surface area contributed by atoms with Gasteiger partial charge in [-0.2, -0.15) is 5.10 Å². The van der Waals surface area contributed by atoms with Gasteiger partial charge in [-0.25, -0.2) is 9.80 Å². The van der Waals surface area contributed by atoms with Crippen molar-refractivity contribution in [3.8, 4) is 5.75 Å². The molecule has 0 spiro atoms. The van der Waals surface area contributed by atoms with Gasteiger partial charge in [-0.3, -0.25) is 4.79 Å². The molecule has 0 aliphatic carbocycles. The fourth-order valence-corrected chi connectivity index (χ4v) is 1.70. The Hall–Kier alpha value is -2.37. The number of carbonyl (C=O) groups is 2. The van der Waals surface area contributed by atoms with Crippen LogP contribution in [0.25, 0.3) is 0 Å². The number of nitrogens with zero attached hydrogens (tertiary/aromatic N) is 2. The van der Waals surface area contributed by atoms with Gasteiger partial charge < -0.3 is 9.84 Å². The van der Waals surface area contributed by atoms with Crippen molar-refractivity contribution < 1.29 is 19.4 Å². The molecule has 0 bridgehead atoms. The molecule has 0 fully saturated rings. The highest BCUT2D eigenvalue weighted by atomic mass is 16.5. The Morgan fingerprint density at radius 2 is 2.16 bits per heavy atom. The van der Waals surface area contributed by atoms with Crippen LogP contribution in [0.1, 0.15) is 13.3 Å². The fourth-order valence-electron chi connectivity index (χ4n) is 1.70. The van der Waals surface area contributed by atoms with E-state index in [1.165, 1.54) is 5.01 Å². The van der Waals surface area contributed by atoms with E-state index in [1.54, 1.807) is 30.5 Å². The number of hydrogen-bond acceptors (Lipinski definition) is 4. The van der Waals surface area contributed by atoms with E-state index in [1.807, 2.05) is 6.92 Å². The molecule has 1 unspecified atom stereocenters. The molecule has 100 valence electrons. The van der Waals surface area contributed by atoms with E-state index in [0.29, 0.717) is 17.9 Å². The van der Waals surface area contributed by atoms with Crippen LogP contribution in [0.3, 0.4) is 0 Å². The zero-order valence-corrected chi connectivity index (χ0v) is 10.4. The van der Waals surface area contributed by atoms with Crippen LogP contribution >= 0.6 is 0 Å². The summed E-state index contributed by atoms with van der Waals surface area (Å²) in [5.74, 6) is -0.502. The quantitative estimate of drug-likeness (QED) is 0.892. The van der Waals surface area contributed by atoms with Crippen LogP contribution in [-0.4, -0.2) is 29.8 Å². The van der Waals surface area contributed by atoms with Gasteiger partial charge in [0.1, 0.15) is 5.75 Å². The maximum atomic E-state index is 11.8. The minimum absolute atomic E-state index is 0.0609. The summed E-state index contributed by atoms with van der Waals surface area (Å²) in [6.45, 7) is 1.54. The first-order valence-corrected chi connectivity index (χ1v) is 5.88. The predicted molar refractivity (Wildman–Crippen MR) is 69.3 cm³/mol. The molecular weight excluding hydrogens is 248 g/mol. The van der Waals surface area contributed by atoms with Crippen LogP contribution in [0.5, 0.6) is 5.75 Å². The number of aliphatic carboxylic acids is 1. The van der Waals surface area contributed by atoms with Gasteiger partial charge in [-0.1, -0.05) is 6.92 Å². The maximum absolute atomic E-state index is 11.8. The number of carboxylic acids is 1. The lowest BCUT2D eigenvalue weighted by Gasteiger charge is -2.22. The van der Waals surface area contributed by atoms with Crippen molar-refractivity contribution in [2.75, 3.05) is 11.6 Å². The first kappa shape index (κ1) is 13.1. The summed E-state index contributed by atoms with van der Waals surface area (Å²) >= 11 is 0. The molecule has 1 N–H and O–H groups in total. The van der Waals surface area contributed by atoms with Gasteiger partial charge in [0, 0.05) is 18.6 Å². The molecule has 1 amide bonds. The van der Waals surface area contributed by atoms with E-state index in [0.717, 1.165) is 0 Å². The minimum atomic E-state index is -1.03. The number of carboxylic acid groups (broad SMARTS) is 1. The Bertz CT molecular complexity index is 510. The van der Waals surface area contributed by atoms with Crippen molar-refractivity contribution in [3.05, 3.63) is 24.3 Å². The van der Waals surface area contributed by atoms with Gasteiger partial charge in [0.15, 0.2) is 6.61 Å². The number of amides is 1. The van der Waals surface area contributed by atoms with E-state index in [2.05, 4.69) is 5.10 Å². The van der Waals surface area contributed by atoms with E-state index in [4.69, 9.17) is 9.84 Å². The minimum Gasteiger partial charge on any atom is -0.482 e. The number of rotatable bonds is 4. The number of ether oxygens (including phenoxy) is 1. The highest BCUT2D eigenvalue weighted by Crippen LogP contribution is 2.23. The van der Waals surface area contributed by atoms with Crippen molar-refractivity contribution in [3.63, 3.8) is 0 Å². The third-order valence-electron chi connectivity index (χ3n) is 2.61. The number of carbonyl (C=O) groups excluding carboxylic acids is 1. The van der Waals surface area contributed by atoms with Crippen LogP contribution in [0.4, 0.5) is 5.69 Å². The lowest BCUT2D eigenvalue weighted by atomic mass is 10.1. The number of hydrazone groups is 1. The molecule has 19 heavy (non-hydrogen) atoms. The lowest BCUT2D eigenvalue weighted by Crippen LogP contribution is -2.31. The normalized spacial score (nSPS) is 18.5. The molecule has 1 aromatic carbocycles. The van der Waals surface area contributed by atoms with Crippen molar-refractivity contribution in [2.24, 2.45) is 11.0 Å². The molecule has 1 atom stereocenters. The topological polar surface area (TPSA) is 79.2 Å². The Labute approximate surface area is 110 Å². The second-order valence-electron chi connectivity index (χ2n) is 4.33. The van der Waals surface area contributed by atoms with E-state index in [9.17, 15) is 9.59 Å². The van der Waals surface area contributed by atoms with Crippen LogP contribution in [0.15, 0.2) is 29.4 Å². The smallest absolute Gasteiger partial charge is 0.341 e. The monoisotopic (exact) mass is 262 g/mol. The largest absolute Gasteiger partial charge is 0.482 e. The maximum Gasteiger partial charge on any atom is 0.341 e. The summed E-state index contributed by atoms with van der Waals surface area (Å²) < 4.78 is 5.01. The average molecular weight is 262 g/mol. The van der Waals surface area contributed by atoms with E-state index >= 15 is 0 Å². The SMILES string of the molecule is CC1C=NN(c2ccc(OCC(=O)O)cc2)C(=O)C1. The summed E-state index contributed by atoms with van der Waals surface area (Å²) in [5, 5.41) is 13.9.